The van der Waals surface area contributed by atoms with E-state index in [-0.39, 0.29) is 6.09 Å². The van der Waals surface area contributed by atoms with Crippen molar-refractivity contribution in [2.75, 3.05) is 18.8 Å². The zero-order valence-corrected chi connectivity index (χ0v) is 11.6. The largest absolute Gasteiger partial charge is 0.444 e. The number of likely N-dealkylation sites (tertiary alicyclic amines) is 1. The van der Waals surface area contributed by atoms with E-state index in [1.165, 1.54) is 5.57 Å². The van der Waals surface area contributed by atoms with E-state index in [9.17, 15) is 4.79 Å². The fraction of sp³-hybridized carbons (Fsp3) is 0.400. The third-order valence-electron chi connectivity index (χ3n) is 2.75. The summed E-state index contributed by atoms with van der Waals surface area (Å²) in [5.74, 6) is 0. The SMILES string of the molecule is CC(C)(C)OC(=O)N1CC(=Cc2ccc(N)cc2)C1. The second-order valence-corrected chi connectivity index (χ2v) is 5.81. The predicted molar refractivity (Wildman–Crippen MR) is 76.6 cm³/mol. The smallest absolute Gasteiger partial charge is 0.410 e. The predicted octanol–water partition coefficient (Wildman–Crippen LogP) is 2.90. The molecule has 1 heterocycles. The molecule has 1 fully saturated rings. The summed E-state index contributed by atoms with van der Waals surface area (Å²) in [6.45, 7) is 6.89. The van der Waals surface area contributed by atoms with Crippen LogP contribution in [0.15, 0.2) is 29.8 Å². The lowest BCUT2D eigenvalue weighted by Gasteiger charge is -2.35. The maximum atomic E-state index is 11.7. The third kappa shape index (κ3) is 3.74. The molecule has 4 nitrogen and oxygen atoms in total. The van der Waals surface area contributed by atoms with Crippen molar-refractivity contribution >= 4 is 17.9 Å². The van der Waals surface area contributed by atoms with Gasteiger partial charge in [-0.1, -0.05) is 18.2 Å². The van der Waals surface area contributed by atoms with Crippen LogP contribution in [-0.4, -0.2) is 29.7 Å². The lowest BCUT2D eigenvalue weighted by atomic mass is 10.0. The monoisotopic (exact) mass is 260 g/mol. The van der Waals surface area contributed by atoms with E-state index in [4.69, 9.17) is 10.5 Å². The number of nitrogens with two attached hydrogens (primary N) is 1. The normalized spacial score (nSPS) is 14.9. The molecule has 0 aliphatic carbocycles. The van der Waals surface area contributed by atoms with Crippen molar-refractivity contribution < 1.29 is 9.53 Å². The van der Waals surface area contributed by atoms with Crippen molar-refractivity contribution in [2.24, 2.45) is 0 Å². The molecule has 1 aliphatic heterocycles. The van der Waals surface area contributed by atoms with E-state index in [2.05, 4.69) is 6.08 Å². The van der Waals surface area contributed by atoms with Crippen LogP contribution in [0.1, 0.15) is 26.3 Å². The van der Waals surface area contributed by atoms with Crippen LogP contribution in [-0.2, 0) is 4.74 Å². The number of hydrogen-bond acceptors (Lipinski definition) is 3. The third-order valence-corrected chi connectivity index (χ3v) is 2.75. The van der Waals surface area contributed by atoms with E-state index in [0.29, 0.717) is 13.1 Å². The summed E-state index contributed by atoms with van der Waals surface area (Å²) < 4.78 is 5.30. The lowest BCUT2D eigenvalue weighted by Crippen LogP contribution is -2.46. The Hall–Kier alpha value is -1.97. The average molecular weight is 260 g/mol. The molecule has 0 radical (unpaired) electrons. The van der Waals surface area contributed by atoms with Crippen LogP contribution in [0.5, 0.6) is 0 Å². The topological polar surface area (TPSA) is 55.6 Å². The van der Waals surface area contributed by atoms with Crippen LogP contribution < -0.4 is 5.73 Å². The van der Waals surface area contributed by atoms with E-state index >= 15 is 0 Å². The van der Waals surface area contributed by atoms with E-state index in [1.54, 1.807) is 4.90 Å². The second kappa shape index (κ2) is 4.96. The maximum Gasteiger partial charge on any atom is 0.410 e. The summed E-state index contributed by atoms with van der Waals surface area (Å²) in [6, 6.07) is 7.68. The zero-order valence-electron chi connectivity index (χ0n) is 11.6. The van der Waals surface area contributed by atoms with Crippen LogP contribution in [0.25, 0.3) is 6.08 Å². The number of rotatable bonds is 1. The van der Waals surface area contributed by atoms with Crippen molar-refractivity contribution in [2.45, 2.75) is 26.4 Å². The van der Waals surface area contributed by atoms with E-state index < -0.39 is 5.60 Å². The number of hydrogen-bond donors (Lipinski definition) is 1. The van der Waals surface area contributed by atoms with Crippen molar-refractivity contribution in [3.63, 3.8) is 0 Å². The van der Waals surface area contributed by atoms with Gasteiger partial charge >= 0.3 is 6.09 Å². The first-order chi connectivity index (χ1) is 8.83. The number of carbonyl (C=O) groups excluding carboxylic acids is 1. The van der Waals surface area contributed by atoms with Gasteiger partial charge in [-0.25, -0.2) is 4.79 Å². The molecule has 0 atom stereocenters. The molecule has 1 amide bonds. The summed E-state index contributed by atoms with van der Waals surface area (Å²) in [5.41, 5.74) is 8.28. The van der Waals surface area contributed by atoms with Gasteiger partial charge in [0.25, 0.3) is 0 Å². The van der Waals surface area contributed by atoms with Gasteiger partial charge in [-0.3, -0.25) is 0 Å². The standard InChI is InChI=1S/C15H20N2O2/c1-15(2,3)19-14(18)17-9-12(10-17)8-11-4-6-13(16)7-5-11/h4-8H,9-10,16H2,1-3H3. The molecule has 1 aliphatic rings. The first kappa shape index (κ1) is 13.5. The van der Waals surface area contributed by atoms with Gasteiger partial charge in [0.05, 0.1) is 0 Å². The average Bonchev–Trinajstić information content (AvgIpc) is 2.22. The maximum absolute atomic E-state index is 11.7. The van der Waals surface area contributed by atoms with Crippen LogP contribution in [0.3, 0.4) is 0 Å². The number of amides is 1. The number of anilines is 1. The van der Waals surface area contributed by atoms with Gasteiger partial charge in [0, 0.05) is 18.8 Å². The van der Waals surface area contributed by atoms with Crippen molar-refractivity contribution in [3.05, 3.63) is 35.4 Å². The molecule has 19 heavy (non-hydrogen) atoms. The minimum absolute atomic E-state index is 0.248. The molecule has 0 unspecified atom stereocenters. The van der Waals surface area contributed by atoms with Gasteiger partial charge in [-0.15, -0.1) is 0 Å². The van der Waals surface area contributed by atoms with E-state index in [1.807, 2.05) is 45.0 Å². The quantitative estimate of drug-likeness (QED) is 0.790. The Morgan fingerprint density at radius 1 is 1.26 bits per heavy atom. The highest BCUT2D eigenvalue weighted by atomic mass is 16.6. The van der Waals surface area contributed by atoms with Gasteiger partial charge in [0.15, 0.2) is 0 Å². The summed E-state index contributed by atoms with van der Waals surface area (Å²) >= 11 is 0. The highest BCUT2D eigenvalue weighted by Crippen LogP contribution is 2.21. The lowest BCUT2D eigenvalue weighted by molar-refractivity contribution is 0.0216. The minimum atomic E-state index is -0.437. The first-order valence-corrected chi connectivity index (χ1v) is 6.36. The van der Waals surface area contributed by atoms with Crippen LogP contribution in [0, 0.1) is 0 Å². The van der Waals surface area contributed by atoms with Gasteiger partial charge in [0.1, 0.15) is 5.60 Å². The number of nitrogen functional groups attached to an aromatic ring is 1. The van der Waals surface area contributed by atoms with Gasteiger partial charge in [-0.2, -0.15) is 0 Å². The molecule has 1 aromatic rings. The molecule has 4 heteroatoms. The molecule has 0 spiro atoms. The number of carbonyl (C=O) groups is 1. The second-order valence-electron chi connectivity index (χ2n) is 5.81. The number of nitrogens with zero attached hydrogens (tertiary/aromatic N) is 1. The molecule has 1 aromatic carbocycles. The Morgan fingerprint density at radius 2 is 1.84 bits per heavy atom. The van der Waals surface area contributed by atoms with Crippen LogP contribution >= 0.6 is 0 Å². The van der Waals surface area contributed by atoms with Crippen molar-refractivity contribution in [1.29, 1.82) is 0 Å². The Kier molecular flexibility index (Phi) is 3.51. The Balaban J connectivity index is 1.89. The summed E-state index contributed by atoms with van der Waals surface area (Å²) in [7, 11) is 0. The zero-order chi connectivity index (χ0) is 14.0. The summed E-state index contributed by atoms with van der Waals surface area (Å²) in [6.07, 6.45) is 1.84. The molecule has 0 aromatic heterocycles. The fourth-order valence-corrected chi connectivity index (χ4v) is 1.82. The number of benzene rings is 1. The highest BCUT2D eigenvalue weighted by molar-refractivity contribution is 5.72. The Morgan fingerprint density at radius 3 is 2.37 bits per heavy atom. The number of ether oxygens (including phenoxy) is 1. The molecular formula is C15H20N2O2. The highest BCUT2D eigenvalue weighted by Gasteiger charge is 2.29. The summed E-state index contributed by atoms with van der Waals surface area (Å²) in [4.78, 5) is 13.4. The van der Waals surface area contributed by atoms with Gasteiger partial charge in [-0.05, 0) is 44.0 Å². The van der Waals surface area contributed by atoms with Crippen LogP contribution in [0.4, 0.5) is 10.5 Å². The Bertz CT molecular complexity index is 490. The molecule has 2 rings (SSSR count). The fourth-order valence-electron chi connectivity index (χ4n) is 1.82. The van der Waals surface area contributed by atoms with E-state index in [0.717, 1.165) is 11.3 Å². The Labute approximate surface area is 113 Å². The molecule has 1 saturated heterocycles. The summed E-state index contributed by atoms with van der Waals surface area (Å²) in [5, 5.41) is 0. The van der Waals surface area contributed by atoms with Crippen molar-refractivity contribution in [1.82, 2.24) is 4.90 Å². The first-order valence-electron chi connectivity index (χ1n) is 6.36. The van der Waals surface area contributed by atoms with Crippen molar-refractivity contribution in [3.8, 4) is 0 Å². The van der Waals surface area contributed by atoms with Crippen LogP contribution in [0.2, 0.25) is 0 Å². The molecule has 0 saturated carbocycles. The molecule has 0 bridgehead atoms. The molecule has 2 N–H and O–H groups in total. The van der Waals surface area contributed by atoms with Gasteiger partial charge < -0.3 is 15.4 Å². The molecule has 102 valence electrons. The minimum Gasteiger partial charge on any atom is -0.444 e. The molecular weight excluding hydrogens is 240 g/mol. The van der Waals surface area contributed by atoms with Gasteiger partial charge in [0.2, 0.25) is 0 Å².